The second-order valence-electron chi connectivity index (χ2n) is 5.21. The first-order valence-electron chi connectivity index (χ1n) is 8.49. The second kappa shape index (κ2) is 9.01. The molecule has 2 aromatic carbocycles. The monoisotopic (exact) mass is 391 g/mol. The highest BCUT2D eigenvalue weighted by Gasteiger charge is 2.25. The summed E-state index contributed by atoms with van der Waals surface area (Å²) in [5.41, 5.74) is 1.67. The minimum Gasteiger partial charge on any atom is -0.461 e. The molecule has 0 spiro atoms. The number of esters is 1. The van der Waals surface area contributed by atoms with Crippen LogP contribution in [0.5, 0.6) is 0 Å². The van der Waals surface area contributed by atoms with Gasteiger partial charge in [0.2, 0.25) is 0 Å². The highest BCUT2D eigenvalue weighted by Crippen LogP contribution is 2.31. The van der Waals surface area contributed by atoms with Crippen LogP contribution in [-0.4, -0.2) is 20.8 Å². The summed E-state index contributed by atoms with van der Waals surface area (Å²) >= 11 is 6.09. The van der Waals surface area contributed by atoms with Gasteiger partial charge in [-0.05, 0) is 49.7 Å². The summed E-state index contributed by atoms with van der Waals surface area (Å²) in [6.07, 6.45) is 0. The lowest BCUT2D eigenvalue weighted by atomic mass is 10.1. The average molecular weight is 392 g/mol. The number of hydrogen-bond donors (Lipinski definition) is 0. The van der Waals surface area contributed by atoms with E-state index in [1.165, 1.54) is 3.97 Å². The quantitative estimate of drug-likeness (QED) is 0.561. The third-order valence-corrected chi connectivity index (χ3v) is 5.34. The predicted molar refractivity (Wildman–Crippen MR) is 107 cm³/mol. The highest BCUT2D eigenvalue weighted by molar-refractivity contribution is 7.83. The molecule has 0 aliphatic carbocycles. The first-order chi connectivity index (χ1) is 12.5. The van der Waals surface area contributed by atoms with Crippen molar-refractivity contribution in [1.82, 2.24) is 3.97 Å². The van der Waals surface area contributed by atoms with Crippen molar-refractivity contribution >= 4 is 39.5 Å². The van der Waals surface area contributed by atoms with Gasteiger partial charge in [0, 0.05) is 10.4 Å². The molecule has 4 nitrogen and oxygen atoms in total. The van der Waals surface area contributed by atoms with Crippen LogP contribution >= 0.6 is 11.6 Å². The molecular weight excluding hydrogens is 370 g/mol. The average Bonchev–Trinajstić information content (AvgIpc) is 2.96. The van der Waals surface area contributed by atoms with Gasteiger partial charge in [0.05, 0.1) is 17.0 Å². The van der Waals surface area contributed by atoms with E-state index in [2.05, 4.69) is 0 Å². The zero-order valence-corrected chi connectivity index (χ0v) is 16.9. The fourth-order valence-corrected chi connectivity index (χ4v) is 4.12. The number of fused-ring (bicyclic) bond motifs is 1. The van der Waals surface area contributed by atoms with E-state index in [4.69, 9.17) is 16.3 Å². The number of rotatable bonds is 4. The molecule has 3 rings (SSSR count). The second-order valence-corrected chi connectivity index (χ2v) is 6.98. The number of aryl methyl sites for hydroxylation is 1. The number of aromatic nitrogens is 1. The SMILES string of the molecule is CC.CCOC(=O)c1c(C)c2cc(Cl)ccc2n1S(=O)c1ccccc1. The fourth-order valence-electron chi connectivity index (χ4n) is 2.64. The predicted octanol–water partition coefficient (Wildman–Crippen LogP) is 5.38. The number of carbonyl (C=O) groups is 1. The van der Waals surface area contributed by atoms with Crippen molar-refractivity contribution in [2.45, 2.75) is 32.6 Å². The number of ether oxygens (including phenoxy) is 1. The van der Waals surface area contributed by atoms with E-state index in [1.54, 1.807) is 37.3 Å². The normalized spacial score (nSPS) is 11.6. The fraction of sp³-hybridized carbons (Fsp3) is 0.250. The van der Waals surface area contributed by atoms with Crippen LogP contribution in [0.25, 0.3) is 10.9 Å². The first kappa shape index (κ1) is 20.2. The van der Waals surface area contributed by atoms with Gasteiger partial charge in [-0.2, -0.15) is 0 Å². The molecule has 0 amide bonds. The van der Waals surface area contributed by atoms with Crippen LogP contribution in [0.15, 0.2) is 53.4 Å². The van der Waals surface area contributed by atoms with E-state index in [-0.39, 0.29) is 12.3 Å². The Hall–Kier alpha value is -2.11. The van der Waals surface area contributed by atoms with Crippen molar-refractivity contribution < 1.29 is 13.7 Å². The zero-order chi connectivity index (χ0) is 19.3. The van der Waals surface area contributed by atoms with Crippen LogP contribution in [0.3, 0.4) is 0 Å². The highest BCUT2D eigenvalue weighted by atomic mass is 35.5. The Kier molecular flexibility index (Phi) is 7.00. The lowest BCUT2D eigenvalue weighted by molar-refractivity contribution is 0.0518. The summed E-state index contributed by atoms with van der Waals surface area (Å²) in [4.78, 5) is 13.1. The van der Waals surface area contributed by atoms with Crippen molar-refractivity contribution in [3.8, 4) is 0 Å². The summed E-state index contributed by atoms with van der Waals surface area (Å²) in [6.45, 7) is 7.80. The molecular formula is C20H22ClNO3S. The van der Waals surface area contributed by atoms with Gasteiger partial charge in [-0.3, -0.25) is 0 Å². The maximum Gasteiger partial charge on any atom is 0.356 e. The molecule has 0 bridgehead atoms. The van der Waals surface area contributed by atoms with Gasteiger partial charge < -0.3 is 4.74 Å². The van der Waals surface area contributed by atoms with Gasteiger partial charge in [-0.15, -0.1) is 0 Å². The van der Waals surface area contributed by atoms with Gasteiger partial charge in [0.1, 0.15) is 5.69 Å². The Bertz CT molecular complexity index is 935. The topological polar surface area (TPSA) is 48.3 Å². The molecule has 1 aromatic heterocycles. The van der Waals surface area contributed by atoms with Crippen LogP contribution in [0.4, 0.5) is 0 Å². The van der Waals surface area contributed by atoms with Gasteiger partial charge in [0.25, 0.3) is 0 Å². The van der Waals surface area contributed by atoms with Gasteiger partial charge >= 0.3 is 5.97 Å². The summed E-state index contributed by atoms with van der Waals surface area (Å²) in [5, 5.41) is 1.35. The van der Waals surface area contributed by atoms with E-state index >= 15 is 0 Å². The maximum absolute atomic E-state index is 13.1. The minimum absolute atomic E-state index is 0.249. The Morgan fingerprint density at radius 1 is 1.15 bits per heavy atom. The van der Waals surface area contributed by atoms with E-state index in [0.29, 0.717) is 21.0 Å². The van der Waals surface area contributed by atoms with E-state index < -0.39 is 17.0 Å². The van der Waals surface area contributed by atoms with Gasteiger partial charge in [-0.1, -0.05) is 43.6 Å². The van der Waals surface area contributed by atoms with Crippen molar-refractivity contribution in [1.29, 1.82) is 0 Å². The Balaban J connectivity index is 0.00000117. The molecule has 1 unspecified atom stereocenters. The number of hydrogen-bond acceptors (Lipinski definition) is 3. The zero-order valence-electron chi connectivity index (χ0n) is 15.3. The molecule has 0 aliphatic heterocycles. The Morgan fingerprint density at radius 3 is 2.42 bits per heavy atom. The third-order valence-electron chi connectivity index (χ3n) is 3.72. The maximum atomic E-state index is 13.1. The molecule has 0 saturated carbocycles. The van der Waals surface area contributed by atoms with Gasteiger partial charge in [0.15, 0.2) is 11.0 Å². The van der Waals surface area contributed by atoms with Gasteiger partial charge in [-0.25, -0.2) is 13.0 Å². The van der Waals surface area contributed by atoms with Crippen molar-refractivity contribution in [3.63, 3.8) is 0 Å². The Morgan fingerprint density at radius 2 is 1.81 bits per heavy atom. The molecule has 3 aromatic rings. The molecule has 0 aliphatic rings. The molecule has 26 heavy (non-hydrogen) atoms. The van der Waals surface area contributed by atoms with Crippen molar-refractivity contribution in [2.24, 2.45) is 0 Å². The number of halogens is 1. The molecule has 0 N–H and O–H groups in total. The van der Waals surface area contributed by atoms with Crippen LogP contribution in [0.1, 0.15) is 36.8 Å². The summed E-state index contributed by atoms with van der Waals surface area (Å²) in [6, 6.07) is 14.3. The van der Waals surface area contributed by atoms with Crippen LogP contribution in [0.2, 0.25) is 5.02 Å². The molecule has 1 heterocycles. The smallest absolute Gasteiger partial charge is 0.356 e. The van der Waals surface area contributed by atoms with Crippen LogP contribution < -0.4 is 0 Å². The molecule has 0 saturated heterocycles. The minimum atomic E-state index is -1.57. The summed E-state index contributed by atoms with van der Waals surface area (Å²) in [7, 11) is -1.57. The summed E-state index contributed by atoms with van der Waals surface area (Å²) < 4.78 is 19.8. The number of benzene rings is 2. The molecule has 0 fully saturated rings. The lowest BCUT2D eigenvalue weighted by Gasteiger charge is -2.10. The van der Waals surface area contributed by atoms with E-state index in [9.17, 15) is 9.00 Å². The lowest BCUT2D eigenvalue weighted by Crippen LogP contribution is -2.16. The Labute approximate surface area is 161 Å². The third kappa shape index (κ3) is 3.84. The molecule has 0 radical (unpaired) electrons. The molecule has 138 valence electrons. The molecule has 1 atom stereocenters. The molecule has 6 heteroatoms. The number of nitrogens with zero attached hydrogens (tertiary/aromatic N) is 1. The first-order valence-corrected chi connectivity index (χ1v) is 9.98. The van der Waals surface area contributed by atoms with Crippen LogP contribution in [-0.2, 0) is 15.7 Å². The standard InChI is InChI=1S/C18H16ClNO3S.C2H6/c1-3-23-18(21)17-12(2)15-11-13(19)9-10-16(15)20(17)24(22)14-7-5-4-6-8-14;1-2/h4-11H,3H2,1-2H3;1-2H3. The largest absolute Gasteiger partial charge is 0.461 e. The van der Waals surface area contributed by atoms with E-state index in [0.717, 1.165) is 5.39 Å². The number of carbonyl (C=O) groups excluding carboxylic acids is 1. The van der Waals surface area contributed by atoms with E-state index in [1.807, 2.05) is 39.0 Å². The van der Waals surface area contributed by atoms with Crippen molar-refractivity contribution in [3.05, 3.63) is 64.8 Å². The summed E-state index contributed by atoms with van der Waals surface area (Å²) in [5.74, 6) is -0.494. The van der Waals surface area contributed by atoms with Crippen molar-refractivity contribution in [2.75, 3.05) is 6.61 Å². The van der Waals surface area contributed by atoms with Crippen LogP contribution in [0, 0.1) is 6.92 Å².